The van der Waals surface area contributed by atoms with E-state index in [0.29, 0.717) is 24.2 Å². The molecular weight excluding hydrogens is 340 g/mol. The maximum absolute atomic E-state index is 12.9. The number of hydrogen-bond acceptors (Lipinski definition) is 5. The summed E-state index contributed by atoms with van der Waals surface area (Å²) in [7, 11) is 0. The fraction of sp³-hybridized carbons (Fsp3) is 0.667. The minimum atomic E-state index is 0.199. The van der Waals surface area contributed by atoms with Gasteiger partial charge in [-0.3, -0.25) is 4.79 Å². The molecule has 1 aliphatic carbocycles. The summed E-state index contributed by atoms with van der Waals surface area (Å²) in [5.41, 5.74) is 1.26. The van der Waals surface area contributed by atoms with Gasteiger partial charge in [0.05, 0.1) is 0 Å². The lowest BCUT2D eigenvalue weighted by molar-refractivity contribution is -0.132. The maximum Gasteiger partial charge on any atom is 0.225 e. The van der Waals surface area contributed by atoms with E-state index in [4.69, 9.17) is 0 Å². The smallest absolute Gasteiger partial charge is 0.225 e. The first-order chi connectivity index (χ1) is 13.0. The fourth-order valence-electron chi connectivity index (χ4n) is 4.44. The van der Waals surface area contributed by atoms with Gasteiger partial charge >= 0.3 is 0 Å². The average molecular weight is 373 g/mol. The third kappa shape index (κ3) is 4.67. The summed E-state index contributed by atoms with van der Waals surface area (Å²) in [5, 5.41) is 9.68. The van der Waals surface area contributed by atoms with Crippen LogP contribution in [-0.4, -0.2) is 58.7 Å². The number of carbonyl (C=O) groups is 1. The second kappa shape index (κ2) is 8.83. The minimum absolute atomic E-state index is 0.199. The molecule has 148 valence electrons. The van der Waals surface area contributed by atoms with E-state index in [1.54, 1.807) is 12.4 Å². The van der Waals surface area contributed by atoms with Crippen LogP contribution >= 0.6 is 0 Å². The monoisotopic (exact) mass is 372 g/mol. The number of aromatic nitrogens is 2. The molecule has 1 aliphatic heterocycles. The van der Waals surface area contributed by atoms with Gasteiger partial charge in [0.1, 0.15) is 0 Å². The minimum Gasteiger partial charge on any atom is -0.396 e. The van der Waals surface area contributed by atoms with Crippen LogP contribution in [0.4, 0.5) is 5.95 Å². The highest BCUT2D eigenvalue weighted by Crippen LogP contribution is 2.39. The molecule has 6 heteroatoms. The second-order valence-corrected chi connectivity index (χ2v) is 8.22. The quantitative estimate of drug-likeness (QED) is 0.804. The number of nitrogens with zero attached hydrogens (tertiary/aromatic N) is 4. The Labute approximate surface area is 162 Å². The number of piperazine rings is 1. The van der Waals surface area contributed by atoms with Gasteiger partial charge in [-0.25, -0.2) is 9.97 Å². The lowest BCUT2D eigenvalue weighted by atomic mass is 9.70. The average Bonchev–Trinajstić information content (AvgIpc) is 2.69. The molecule has 3 unspecified atom stereocenters. The molecule has 0 spiro atoms. The van der Waals surface area contributed by atoms with Gasteiger partial charge in [-0.15, -0.1) is 0 Å². The van der Waals surface area contributed by atoms with Crippen LogP contribution in [0.25, 0.3) is 0 Å². The highest BCUT2D eigenvalue weighted by atomic mass is 16.3. The highest BCUT2D eigenvalue weighted by Gasteiger charge is 2.33. The number of amides is 1. The van der Waals surface area contributed by atoms with Crippen molar-refractivity contribution in [3.05, 3.63) is 30.1 Å². The number of allylic oxidation sites excluding steroid dienone is 1. The van der Waals surface area contributed by atoms with Crippen LogP contribution in [0, 0.1) is 23.7 Å². The molecule has 0 saturated carbocycles. The number of carbonyl (C=O) groups excluding carboxylic acids is 1. The van der Waals surface area contributed by atoms with Crippen molar-refractivity contribution in [2.24, 2.45) is 23.7 Å². The predicted molar refractivity (Wildman–Crippen MR) is 106 cm³/mol. The number of aliphatic hydroxyl groups excluding tert-OH is 1. The normalized spacial score (nSPS) is 26.3. The summed E-state index contributed by atoms with van der Waals surface area (Å²) in [4.78, 5) is 25.6. The second-order valence-electron chi connectivity index (χ2n) is 8.22. The Morgan fingerprint density at radius 1 is 1.22 bits per heavy atom. The molecule has 0 aromatic carbocycles. The summed E-state index contributed by atoms with van der Waals surface area (Å²) >= 11 is 0. The van der Waals surface area contributed by atoms with E-state index in [-0.39, 0.29) is 18.4 Å². The summed E-state index contributed by atoms with van der Waals surface area (Å²) < 4.78 is 0. The summed E-state index contributed by atoms with van der Waals surface area (Å²) in [6, 6.07) is 1.81. The molecule has 1 N–H and O–H groups in total. The van der Waals surface area contributed by atoms with Gasteiger partial charge in [0.15, 0.2) is 0 Å². The fourth-order valence-corrected chi connectivity index (χ4v) is 4.44. The van der Waals surface area contributed by atoms with E-state index < -0.39 is 0 Å². The first-order valence-corrected chi connectivity index (χ1v) is 10.1. The predicted octanol–water partition coefficient (Wildman–Crippen LogP) is 2.36. The summed E-state index contributed by atoms with van der Waals surface area (Å²) in [6.45, 7) is 9.73. The number of rotatable bonds is 5. The van der Waals surface area contributed by atoms with Gasteiger partial charge in [-0.1, -0.05) is 25.5 Å². The molecule has 27 heavy (non-hydrogen) atoms. The lowest BCUT2D eigenvalue weighted by Crippen LogP contribution is -2.49. The highest BCUT2D eigenvalue weighted by molar-refractivity contribution is 5.77. The molecule has 0 radical (unpaired) electrons. The van der Waals surface area contributed by atoms with Gasteiger partial charge in [-0.05, 0) is 37.2 Å². The lowest BCUT2D eigenvalue weighted by Gasteiger charge is -2.38. The van der Waals surface area contributed by atoms with E-state index in [0.717, 1.165) is 38.5 Å². The summed E-state index contributed by atoms with van der Waals surface area (Å²) in [5.74, 6) is 2.47. The van der Waals surface area contributed by atoms with Gasteiger partial charge < -0.3 is 14.9 Å². The van der Waals surface area contributed by atoms with Gasteiger partial charge in [0.25, 0.3) is 0 Å². The van der Waals surface area contributed by atoms with Crippen molar-refractivity contribution in [3.8, 4) is 0 Å². The van der Waals surface area contributed by atoms with Crippen molar-refractivity contribution < 1.29 is 9.90 Å². The molecule has 1 fully saturated rings. The zero-order chi connectivity index (χ0) is 19.4. The van der Waals surface area contributed by atoms with Gasteiger partial charge in [0, 0.05) is 57.5 Å². The van der Waals surface area contributed by atoms with Crippen LogP contribution in [0.1, 0.15) is 33.6 Å². The first-order valence-electron chi connectivity index (χ1n) is 10.1. The molecule has 2 aliphatic rings. The number of hydrogen-bond donors (Lipinski definition) is 1. The van der Waals surface area contributed by atoms with Crippen molar-refractivity contribution in [1.82, 2.24) is 14.9 Å². The molecule has 1 saturated heterocycles. The van der Waals surface area contributed by atoms with E-state index in [9.17, 15) is 9.90 Å². The Morgan fingerprint density at radius 3 is 2.48 bits per heavy atom. The van der Waals surface area contributed by atoms with Crippen molar-refractivity contribution in [2.75, 3.05) is 37.7 Å². The molecular formula is C21H32N4O2. The zero-order valence-electron chi connectivity index (χ0n) is 16.7. The SMILES string of the molecule is CC1=CC(CO)C(C(C)C)CC1CC(=O)N1CCN(c2ncccn2)CC1. The van der Waals surface area contributed by atoms with Crippen molar-refractivity contribution in [3.63, 3.8) is 0 Å². The van der Waals surface area contributed by atoms with Crippen molar-refractivity contribution in [1.29, 1.82) is 0 Å². The Kier molecular flexibility index (Phi) is 6.47. The number of aliphatic hydroxyl groups is 1. The van der Waals surface area contributed by atoms with Gasteiger partial charge in [0.2, 0.25) is 11.9 Å². The van der Waals surface area contributed by atoms with E-state index in [1.807, 2.05) is 11.0 Å². The molecule has 1 amide bonds. The third-order valence-electron chi connectivity index (χ3n) is 6.18. The standard InChI is InChI=1S/C21H32N4O2/c1-15(2)19-12-17(16(3)11-18(19)14-26)13-20(27)24-7-9-25(10-8-24)21-22-5-4-6-23-21/h4-6,11,15,17-19,26H,7-10,12-14H2,1-3H3. The Bertz CT molecular complexity index is 653. The van der Waals surface area contributed by atoms with Gasteiger partial charge in [-0.2, -0.15) is 0 Å². The molecule has 3 atom stereocenters. The zero-order valence-corrected chi connectivity index (χ0v) is 16.7. The van der Waals surface area contributed by atoms with Crippen LogP contribution in [0.2, 0.25) is 0 Å². The van der Waals surface area contributed by atoms with Crippen LogP contribution in [0.3, 0.4) is 0 Å². The third-order valence-corrected chi connectivity index (χ3v) is 6.18. The Balaban J connectivity index is 1.56. The van der Waals surface area contributed by atoms with Crippen LogP contribution in [-0.2, 0) is 4.79 Å². The first kappa shape index (κ1) is 19.8. The molecule has 1 aromatic rings. The molecule has 6 nitrogen and oxygen atoms in total. The largest absolute Gasteiger partial charge is 0.396 e. The summed E-state index contributed by atoms with van der Waals surface area (Å²) in [6.07, 6.45) is 7.28. The Morgan fingerprint density at radius 2 is 1.89 bits per heavy atom. The van der Waals surface area contributed by atoms with Crippen molar-refractivity contribution in [2.45, 2.75) is 33.6 Å². The molecule has 0 bridgehead atoms. The molecule has 1 aromatic heterocycles. The molecule has 2 heterocycles. The number of anilines is 1. The van der Waals surface area contributed by atoms with Crippen LogP contribution in [0.15, 0.2) is 30.1 Å². The maximum atomic E-state index is 12.9. The molecule has 3 rings (SSSR count). The topological polar surface area (TPSA) is 69.6 Å². The van der Waals surface area contributed by atoms with Crippen LogP contribution < -0.4 is 4.90 Å². The van der Waals surface area contributed by atoms with Crippen LogP contribution in [0.5, 0.6) is 0 Å². The Hall–Kier alpha value is -1.95. The van der Waals surface area contributed by atoms with E-state index in [1.165, 1.54) is 5.57 Å². The van der Waals surface area contributed by atoms with Crippen molar-refractivity contribution >= 4 is 11.9 Å². The van der Waals surface area contributed by atoms with E-state index >= 15 is 0 Å². The van der Waals surface area contributed by atoms with E-state index in [2.05, 4.69) is 41.7 Å².